The fraction of sp³-hybridized carbons (Fsp3) is 0.727. The third kappa shape index (κ3) is 5.02. The molecular formula is C11H19N3O6. The first kappa shape index (κ1) is 16.2. The Morgan fingerprint density at radius 2 is 2.15 bits per heavy atom. The van der Waals surface area contributed by atoms with Crippen LogP contribution in [0.5, 0.6) is 0 Å². The summed E-state index contributed by atoms with van der Waals surface area (Å²) < 4.78 is 9.78. The molecule has 0 radical (unpaired) electrons. The summed E-state index contributed by atoms with van der Waals surface area (Å²) in [5.41, 5.74) is 0. The standard InChI is InChI=1S/C11H19N3O6/c1-19-4-2-12-9(15)6-13-11(18)14-3-5-20-7-8(14)10(16)17/h8H,2-7H2,1H3,(H,12,15)(H,13,18)(H,16,17). The molecule has 9 nitrogen and oxygen atoms in total. The van der Waals surface area contributed by atoms with Crippen LogP contribution in [0.2, 0.25) is 0 Å². The van der Waals surface area contributed by atoms with Crippen molar-refractivity contribution in [1.29, 1.82) is 0 Å². The Kier molecular flexibility index (Phi) is 6.74. The molecule has 1 saturated heterocycles. The Bertz CT molecular complexity index is 362. The van der Waals surface area contributed by atoms with Crippen molar-refractivity contribution < 1.29 is 29.0 Å². The van der Waals surface area contributed by atoms with Gasteiger partial charge < -0.3 is 30.1 Å². The second-order valence-electron chi connectivity index (χ2n) is 4.12. The molecule has 0 aromatic rings. The molecular weight excluding hydrogens is 270 g/mol. The van der Waals surface area contributed by atoms with Crippen LogP contribution >= 0.6 is 0 Å². The number of hydrogen-bond donors (Lipinski definition) is 3. The lowest BCUT2D eigenvalue weighted by atomic mass is 10.2. The summed E-state index contributed by atoms with van der Waals surface area (Å²) in [6.07, 6.45) is 0. The minimum absolute atomic E-state index is 0.0528. The van der Waals surface area contributed by atoms with Crippen molar-refractivity contribution in [1.82, 2.24) is 15.5 Å². The molecule has 1 atom stereocenters. The first-order chi connectivity index (χ1) is 9.56. The van der Waals surface area contributed by atoms with Gasteiger partial charge in [0.25, 0.3) is 0 Å². The van der Waals surface area contributed by atoms with E-state index in [4.69, 9.17) is 14.6 Å². The second-order valence-corrected chi connectivity index (χ2v) is 4.12. The molecule has 20 heavy (non-hydrogen) atoms. The van der Waals surface area contributed by atoms with Crippen molar-refractivity contribution in [3.05, 3.63) is 0 Å². The van der Waals surface area contributed by atoms with Crippen molar-refractivity contribution in [3.63, 3.8) is 0 Å². The normalized spacial score (nSPS) is 18.4. The Balaban J connectivity index is 2.37. The lowest BCUT2D eigenvalue weighted by Gasteiger charge is -2.32. The fourth-order valence-corrected chi connectivity index (χ4v) is 1.66. The lowest BCUT2D eigenvalue weighted by molar-refractivity contribution is -0.147. The van der Waals surface area contributed by atoms with Crippen molar-refractivity contribution in [2.75, 3.05) is 46.6 Å². The van der Waals surface area contributed by atoms with E-state index in [1.54, 1.807) is 0 Å². The molecule has 0 aromatic heterocycles. The third-order valence-corrected chi connectivity index (χ3v) is 2.70. The summed E-state index contributed by atoms with van der Waals surface area (Å²) in [6, 6.07) is -1.62. The monoisotopic (exact) mass is 289 g/mol. The number of nitrogens with one attached hydrogen (secondary N) is 2. The molecule has 9 heteroatoms. The van der Waals surface area contributed by atoms with Crippen LogP contribution in [0.25, 0.3) is 0 Å². The average molecular weight is 289 g/mol. The van der Waals surface area contributed by atoms with Gasteiger partial charge in [0.1, 0.15) is 0 Å². The summed E-state index contributed by atoms with van der Waals surface area (Å²) in [5.74, 6) is -1.50. The van der Waals surface area contributed by atoms with Crippen molar-refractivity contribution in [2.45, 2.75) is 6.04 Å². The van der Waals surface area contributed by atoms with Gasteiger partial charge in [-0.3, -0.25) is 4.79 Å². The molecule has 1 unspecified atom stereocenters. The molecule has 0 aromatic carbocycles. The van der Waals surface area contributed by atoms with Crippen LogP contribution in [0.15, 0.2) is 0 Å². The summed E-state index contributed by atoms with van der Waals surface area (Å²) in [6.45, 7) is 0.908. The molecule has 0 saturated carbocycles. The molecule has 1 heterocycles. The van der Waals surface area contributed by atoms with E-state index in [1.807, 2.05) is 0 Å². The molecule has 1 fully saturated rings. The fourth-order valence-electron chi connectivity index (χ4n) is 1.66. The SMILES string of the molecule is COCCNC(=O)CNC(=O)N1CCOCC1C(=O)O. The van der Waals surface area contributed by atoms with Crippen LogP contribution in [0.4, 0.5) is 4.79 Å². The quantitative estimate of drug-likeness (QED) is 0.499. The van der Waals surface area contributed by atoms with Gasteiger partial charge in [-0.25, -0.2) is 9.59 Å². The van der Waals surface area contributed by atoms with Crippen LogP contribution in [0.1, 0.15) is 0 Å². The number of nitrogens with zero attached hydrogens (tertiary/aromatic N) is 1. The number of methoxy groups -OCH3 is 1. The molecule has 3 N–H and O–H groups in total. The predicted octanol–water partition coefficient (Wildman–Crippen LogP) is -1.76. The van der Waals surface area contributed by atoms with Crippen molar-refractivity contribution >= 4 is 17.9 Å². The van der Waals surface area contributed by atoms with Crippen LogP contribution in [-0.4, -0.2) is 80.5 Å². The Morgan fingerprint density at radius 1 is 1.40 bits per heavy atom. The maximum Gasteiger partial charge on any atom is 0.328 e. The molecule has 0 bridgehead atoms. The molecule has 1 rings (SSSR count). The van der Waals surface area contributed by atoms with E-state index < -0.39 is 18.0 Å². The highest BCUT2D eigenvalue weighted by Gasteiger charge is 2.32. The zero-order valence-electron chi connectivity index (χ0n) is 11.3. The Hall–Kier alpha value is -1.87. The minimum atomic E-state index is -1.13. The molecule has 1 aliphatic heterocycles. The number of ether oxygens (including phenoxy) is 2. The average Bonchev–Trinajstić information content (AvgIpc) is 2.45. The van der Waals surface area contributed by atoms with Gasteiger partial charge >= 0.3 is 12.0 Å². The second kappa shape index (κ2) is 8.33. The number of urea groups is 1. The van der Waals surface area contributed by atoms with Crippen molar-refractivity contribution in [3.8, 4) is 0 Å². The van der Waals surface area contributed by atoms with E-state index in [0.717, 1.165) is 4.90 Å². The topological polar surface area (TPSA) is 117 Å². The number of hydrogen-bond acceptors (Lipinski definition) is 5. The maximum atomic E-state index is 11.8. The molecule has 114 valence electrons. The molecule has 3 amide bonds. The zero-order valence-corrected chi connectivity index (χ0v) is 11.3. The van der Waals surface area contributed by atoms with Gasteiger partial charge in [0, 0.05) is 20.2 Å². The van der Waals surface area contributed by atoms with Crippen LogP contribution in [-0.2, 0) is 19.1 Å². The summed E-state index contributed by atoms with van der Waals surface area (Å²) >= 11 is 0. The Morgan fingerprint density at radius 3 is 2.80 bits per heavy atom. The van der Waals surface area contributed by atoms with Gasteiger partial charge in [0.2, 0.25) is 5.91 Å². The maximum absolute atomic E-state index is 11.8. The Labute approximate surface area is 116 Å². The molecule has 0 spiro atoms. The minimum Gasteiger partial charge on any atom is -0.480 e. The van der Waals surface area contributed by atoms with E-state index in [-0.39, 0.29) is 32.2 Å². The number of morpholine rings is 1. The smallest absolute Gasteiger partial charge is 0.328 e. The number of amides is 3. The lowest BCUT2D eigenvalue weighted by Crippen LogP contribution is -2.56. The van der Waals surface area contributed by atoms with Crippen LogP contribution in [0, 0.1) is 0 Å². The zero-order chi connectivity index (χ0) is 15.0. The number of carboxylic acid groups (broad SMARTS) is 1. The highest BCUT2D eigenvalue weighted by Crippen LogP contribution is 2.07. The third-order valence-electron chi connectivity index (χ3n) is 2.70. The summed E-state index contributed by atoms with van der Waals surface area (Å²) in [5, 5.41) is 13.9. The number of carbonyl (C=O) groups is 3. The number of aliphatic carboxylic acids is 1. The molecule has 0 aliphatic carbocycles. The van der Waals surface area contributed by atoms with Gasteiger partial charge in [-0.2, -0.15) is 0 Å². The van der Waals surface area contributed by atoms with Gasteiger partial charge in [0.15, 0.2) is 6.04 Å². The van der Waals surface area contributed by atoms with Crippen molar-refractivity contribution in [2.24, 2.45) is 0 Å². The predicted molar refractivity (Wildman–Crippen MR) is 67.2 cm³/mol. The molecule has 1 aliphatic rings. The van der Waals surface area contributed by atoms with Gasteiger partial charge in [0.05, 0.1) is 26.4 Å². The highest BCUT2D eigenvalue weighted by atomic mass is 16.5. The van der Waals surface area contributed by atoms with Crippen LogP contribution < -0.4 is 10.6 Å². The number of carboxylic acids is 1. The first-order valence-electron chi connectivity index (χ1n) is 6.17. The van der Waals surface area contributed by atoms with E-state index >= 15 is 0 Å². The van der Waals surface area contributed by atoms with Gasteiger partial charge in [-0.1, -0.05) is 0 Å². The highest BCUT2D eigenvalue weighted by molar-refractivity contribution is 5.86. The first-order valence-corrected chi connectivity index (χ1v) is 6.17. The summed E-state index contributed by atoms with van der Waals surface area (Å²) in [7, 11) is 1.51. The van der Waals surface area contributed by atoms with E-state index in [9.17, 15) is 14.4 Å². The largest absolute Gasteiger partial charge is 0.480 e. The van der Waals surface area contributed by atoms with Gasteiger partial charge in [-0.15, -0.1) is 0 Å². The van der Waals surface area contributed by atoms with E-state index in [1.165, 1.54) is 7.11 Å². The van der Waals surface area contributed by atoms with E-state index in [2.05, 4.69) is 10.6 Å². The van der Waals surface area contributed by atoms with Crippen LogP contribution in [0.3, 0.4) is 0 Å². The van der Waals surface area contributed by atoms with Gasteiger partial charge in [-0.05, 0) is 0 Å². The van der Waals surface area contributed by atoms with E-state index in [0.29, 0.717) is 13.2 Å². The number of carbonyl (C=O) groups excluding carboxylic acids is 2. The number of rotatable bonds is 6. The summed E-state index contributed by atoms with van der Waals surface area (Å²) in [4.78, 5) is 35.4.